The summed E-state index contributed by atoms with van der Waals surface area (Å²) in [6, 6.07) is 7.36. The van der Waals surface area contributed by atoms with Crippen LogP contribution in [0.4, 0.5) is 0 Å². The number of carbonyl (C=O) groups is 2. The zero-order valence-corrected chi connectivity index (χ0v) is 11.3. The van der Waals surface area contributed by atoms with Crippen LogP contribution in [-0.2, 0) is 9.59 Å². The van der Waals surface area contributed by atoms with Gasteiger partial charge in [0.2, 0.25) is 5.91 Å². The summed E-state index contributed by atoms with van der Waals surface area (Å²) >= 11 is 3.32. The molecule has 0 aliphatic heterocycles. The van der Waals surface area contributed by atoms with Gasteiger partial charge in [0.15, 0.2) is 0 Å². The van der Waals surface area contributed by atoms with E-state index in [-0.39, 0.29) is 18.4 Å². The van der Waals surface area contributed by atoms with E-state index in [2.05, 4.69) is 21.2 Å². The van der Waals surface area contributed by atoms with Crippen molar-refractivity contribution in [1.29, 1.82) is 0 Å². The van der Waals surface area contributed by atoms with Crippen molar-refractivity contribution in [3.05, 3.63) is 34.3 Å². The third kappa shape index (κ3) is 3.32. The summed E-state index contributed by atoms with van der Waals surface area (Å²) in [5.74, 6) is -1.98. The van der Waals surface area contributed by atoms with Gasteiger partial charge in [0.1, 0.15) is 0 Å². The second-order valence-corrected chi connectivity index (χ2v) is 5.31. The number of hydrogen-bond donors (Lipinski definition) is 2. The number of carboxylic acids is 1. The summed E-state index contributed by atoms with van der Waals surface area (Å²) in [7, 11) is 0. The zero-order valence-electron chi connectivity index (χ0n) is 9.73. The average molecular weight is 312 g/mol. The molecule has 18 heavy (non-hydrogen) atoms. The van der Waals surface area contributed by atoms with Gasteiger partial charge < -0.3 is 10.4 Å². The monoisotopic (exact) mass is 311 g/mol. The molecule has 2 N–H and O–H groups in total. The van der Waals surface area contributed by atoms with Crippen LogP contribution >= 0.6 is 15.9 Å². The largest absolute Gasteiger partial charge is 0.481 e. The molecule has 1 aromatic rings. The topological polar surface area (TPSA) is 66.4 Å². The van der Waals surface area contributed by atoms with E-state index in [1.807, 2.05) is 6.07 Å². The molecule has 1 aliphatic rings. The molecular formula is C13H14BrNO3. The molecule has 1 unspecified atom stereocenters. The molecule has 2 rings (SSSR count). The minimum Gasteiger partial charge on any atom is -0.481 e. The highest BCUT2D eigenvalue weighted by molar-refractivity contribution is 9.10. The first-order valence-corrected chi connectivity index (χ1v) is 6.64. The molecule has 1 atom stereocenters. The van der Waals surface area contributed by atoms with Crippen LogP contribution in [0.5, 0.6) is 0 Å². The van der Waals surface area contributed by atoms with Crippen LogP contribution in [0.25, 0.3) is 0 Å². The predicted octanol–water partition coefficient (Wildman–Crippen LogP) is 2.29. The van der Waals surface area contributed by atoms with Crippen LogP contribution in [-0.4, -0.2) is 23.0 Å². The van der Waals surface area contributed by atoms with Crippen molar-refractivity contribution < 1.29 is 14.7 Å². The quantitative estimate of drug-likeness (QED) is 0.876. The minimum absolute atomic E-state index is 0.0194. The van der Waals surface area contributed by atoms with Gasteiger partial charge >= 0.3 is 5.97 Å². The third-order valence-corrected chi connectivity index (χ3v) is 3.63. The number of aliphatic carboxylic acids is 1. The molecule has 0 aromatic heterocycles. The van der Waals surface area contributed by atoms with Crippen LogP contribution in [0.15, 0.2) is 28.7 Å². The van der Waals surface area contributed by atoms with Gasteiger partial charge in [-0.2, -0.15) is 0 Å². The SMILES string of the molecule is O=C(CC(C(=O)O)c1ccccc1Br)NC1CC1. The molecule has 1 aromatic carbocycles. The van der Waals surface area contributed by atoms with Crippen molar-refractivity contribution in [3.8, 4) is 0 Å². The Labute approximate surface area is 114 Å². The lowest BCUT2D eigenvalue weighted by Gasteiger charge is -2.14. The van der Waals surface area contributed by atoms with Gasteiger partial charge in [0, 0.05) is 16.9 Å². The maximum absolute atomic E-state index is 11.7. The van der Waals surface area contributed by atoms with Gasteiger partial charge in [-0.3, -0.25) is 9.59 Å². The highest BCUT2D eigenvalue weighted by Gasteiger charge is 2.28. The molecule has 1 fully saturated rings. The van der Waals surface area contributed by atoms with Gasteiger partial charge in [0.25, 0.3) is 0 Å². The van der Waals surface area contributed by atoms with Crippen molar-refractivity contribution in [3.63, 3.8) is 0 Å². The predicted molar refractivity (Wildman–Crippen MR) is 70.3 cm³/mol. The minimum atomic E-state index is -0.979. The molecule has 1 amide bonds. The van der Waals surface area contributed by atoms with Gasteiger partial charge in [-0.05, 0) is 24.5 Å². The van der Waals surface area contributed by atoms with Crippen LogP contribution in [0.1, 0.15) is 30.7 Å². The average Bonchev–Trinajstić information content (AvgIpc) is 3.10. The fourth-order valence-corrected chi connectivity index (χ4v) is 2.35. The molecule has 96 valence electrons. The molecule has 0 radical (unpaired) electrons. The van der Waals surface area contributed by atoms with E-state index in [0.29, 0.717) is 5.56 Å². The van der Waals surface area contributed by atoms with E-state index < -0.39 is 11.9 Å². The molecule has 1 aliphatic carbocycles. The third-order valence-electron chi connectivity index (χ3n) is 2.91. The summed E-state index contributed by atoms with van der Waals surface area (Å²) in [5.41, 5.74) is 0.635. The lowest BCUT2D eigenvalue weighted by atomic mass is 9.95. The first-order chi connectivity index (χ1) is 8.58. The maximum atomic E-state index is 11.7. The first kappa shape index (κ1) is 13.1. The number of halogens is 1. The fraction of sp³-hybridized carbons (Fsp3) is 0.385. The lowest BCUT2D eigenvalue weighted by Crippen LogP contribution is -2.29. The van der Waals surface area contributed by atoms with Crippen molar-refractivity contribution >= 4 is 27.8 Å². The number of hydrogen-bond acceptors (Lipinski definition) is 2. The normalized spacial score (nSPS) is 16.1. The van der Waals surface area contributed by atoms with Crippen LogP contribution in [0.2, 0.25) is 0 Å². The van der Waals surface area contributed by atoms with E-state index in [1.165, 1.54) is 0 Å². The van der Waals surface area contributed by atoms with Crippen molar-refractivity contribution in [2.45, 2.75) is 31.2 Å². The van der Waals surface area contributed by atoms with Crippen LogP contribution in [0.3, 0.4) is 0 Å². The molecule has 1 saturated carbocycles. The Morgan fingerprint density at radius 2 is 2.06 bits per heavy atom. The zero-order chi connectivity index (χ0) is 13.1. The highest BCUT2D eigenvalue weighted by atomic mass is 79.9. The molecule has 4 nitrogen and oxygen atoms in total. The summed E-state index contributed by atoms with van der Waals surface area (Å²) < 4.78 is 0.719. The molecular weight excluding hydrogens is 298 g/mol. The Bertz CT molecular complexity index is 471. The number of carboxylic acid groups (broad SMARTS) is 1. The van der Waals surface area contributed by atoms with Crippen molar-refractivity contribution in [2.24, 2.45) is 0 Å². The summed E-state index contributed by atoms with van der Waals surface area (Å²) in [6.45, 7) is 0. The molecule has 0 bridgehead atoms. The standard InChI is InChI=1S/C13H14BrNO3/c14-11-4-2-1-3-9(11)10(13(17)18)7-12(16)15-8-5-6-8/h1-4,8,10H,5-7H2,(H,15,16)(H,17,18). The second-order valence-electron chi connectivity index (χ2n) is 4.46. The molecule has 0 heterocycles. The van der Waals surface area contributed by atoms with Gasteiger partial charge in [-0.15, -0.1) is 0 Å². The Kier molecular flexibility index (Phi) is 4.01. The number of amides is 1. The Balaban J connectivity index is 2.10. The summed E-state index contributed by atoms with van der Waals surface area (Å²) in [4.78, 5) is 23.0. The first-order valence-electron chi connectivity index (χ1n) is 5.84. The van der Waals surface area contributed by atoms with E-state index in [0.717, 1.165) is 17.3 Å². The van der Waals surface area contributed by atoms with Gasteiger partial charge in [-0.1, -0.05) is 34.1 Å². The Morgan fingerprint density at radius 1 is 1.39 bits per heavy atom. The van der Waals surface area contributed by atoms with E-state index in [9.17, 15) is 14.7 Å². The Hall–Kier alpha value is -1.36. The number of carbonyl (C=O) groups excluding carboxylic acids is 1. The van der Waals surface area contributed by atoms with E-state index in [1.54, 1.807) is 18.2 Å². The van der Waals surface area contributed by atoms with E-state index in [4.69, 9.17) is 0 Å². The highest BCUT2D eigenvalue weighted by Crippen LogP contribution is 2.28. The molecule has 0 saturated heterocycles. The van der Waals surface area contributed by atoms with Crippen molar-refractivity contribution in [2.75, 3.05) is 0 Å². The number of nitrogens with one attached hydrogen (secondary N) is 1. The maximum Gasteiger partial charge on any atom is 0.311 e. The Morgan fingerprint density at radius 3 is 2.61 bits per heavy atom. The smallest absolute Gasteiger partial charge is 0.311 e. The van der Waals surface area contributed by atoms with Crippen LogP contribution in [0, 0.1) is 0 Å². The lowest BCUT2D eigenvalue weighted by molar-refractivity contribution is -0.140. The van der Waals surface area contributed by atoms with Crippen molar-refractivity contribution in [1.82, 2.24) is 5.32 Å². The number of benzene rings is 1. The van der Waals surface area contributed by atoms with E-state index >= 15 is 0 Å². The molecule has 5 heteroatoms. The molecule has 0 spiro atoms. The second kappa shape index (κ2) is 5.52. The van der Waals surface area contributed by atoms with Crippen LogP contribution < -0.4 is 5.32 Å². The summed E-state index contributed by atoms with van der Waals surface area (Å²) in [5, 5.41) is 12.1. The van der Waals surface area contributed by atoms with Gasteiger partial charge in [0.05, 0.1) is 5.92 Å². The number of rotatable bonds is 5. The van der Waals surface area contributed by atoms with Gasteiger partial charge in [-0.25, -0.2) is 0 Å². The fourth-order valence-electron chi connectivity index (χ4n) is 1.79. The summed E-state index contributed by atoms with van der Waals surface area (Å²) in [6.07, 6.45) is 1.98.